The van der Waals surface area contributed by atoms with Crippen LogP contribution in [0.1, 0.15) is 17.3 Å². The summed E-state index contributed by atoms with van der Waals surface area (Å²) < 4.78 is 0. The Hall–Kier alpha value is -2.07. The average Bonchev–Trinajstić information content (AvgIpc) is 2.45. The fourth-order valence-corrected chi connectivity index (χ4v) is 1.94. The first-order valence-electron chi connectivity index (χ1n) is 6.15. The number of aromatic hydroxyl groups is 1. The van der Waals surface area contributed by atoms with Gasteiger partial charge in [-0.3, -0.25) is 4.79 Å². The van der Waals surface area contributed by atoms with E-state index in [1.54, 1.807) is 32.2 Å². The van der Waals surface area contributed by atoms with Crippen molar-refractivity contribution < 1.29 is 15.0 Å². The maximum absolute atomic E-state index is 12.3. The molecular weight excluding hydrogens is 242 g/mol. The van der Waals surface area contributed by atoms with Crippen LogP contribution >= 0.6 is 0 Å². The fraction of sp³-hybridized carbons (Fsp3) is 0.267. The number of amides is 1. The summed E-state index contributed by atoms with van der Waals surface area (Å²) in [6.07, 6.45) is 0. The number of benzene rings is 2. The molecule has 2 rings (SSSR count). The number of aliphatic hydroxyl groups is 1. The fourth-order valence-electron chi connectivity index (χ4n) is 1.94. The Labute approximate surface area is 111 Å². The summed E-state index contributed by atoms with van der Waals surface area (Å²) in [5.41, 5.74) is 0.251. The molecule has 2 aromatic carbocycles. The van der Waals surface area contributed by atoms with Gasteiger partial charge in [-0.15, -0.1) is 0 Å². The molecule has 0 aliphatic rings. The van der Waals surface area contributed by atoms with E-state index >= 15 is 0 Å². The Kier molecular flexibility index (Phi) is 3.71. The molecule has 2 N–H and O–H groups in total. The van der Waals surface area contributed by atoms with Crippen molar-refractivity contribution >= 4 is 16.7 Å². The number of hydrogen-bond acceptors (Lipinski definition) is 3. The third-order valence-corrected chi connectivity index (χ3v) is 3.38. The SMILES string of the molecule is CC(CO)N(C)C(=O)c1ccc2ccccc2c1O. The first-order valence-corrected chi connectivity index (χ1v) is 6.15. The standard InChI is InChI=1S/C15H17NO3/c1-10(9-17)16(2)15(19)13-8-7-11-5-3-4-6-12(11)14(13)18/h3-8,10,17-18H,9H2,1-2H3. The van der Waals surface area contributed by atoms with Gasteiger partial charge in [0, 0.05) is 12.4 Å². The molecule has 2 aromatic rings. The lowest BCUT2D eigenvalue weighted by Gasteiger charge is -2.23. The molecule has 0 saturated heterocycles. The molecule has 4 nitrogen and oxygen atoms in total. The van der Waals surface area contributed by atoms with Crippen molar-refractivity contribution in [2.24, 2.45) is 0 Å². The van der Waals surface area contributed by atoms with Crippen LogP contribution in [0.2, 0.25) is 0 Å². The highest BCUT2D eigenvalue weighted by atomic mass is 16.3. The number of fused-ring (bicyclic) bond motifs is 1. The zero-order valence-electron chi connectivity index (χ0n) is 11.0. The van der Waals surface area contributed by atoms with E-state index in [0.29, 0.717) is 5.39 Å². The van der Waals surface area contributed by atoms with Crippen molar-refractivity contribution in [1.82, 2.24) is 4.90 Å². The van der Waals surface area contributed by atoms with Crippen LogP contribution in [0.15, 0.2) is 36.4 Å². The quantitative estimate of drug-likeness (QED) is 0.886. The highest BCUT2D eigenvalue weighted by Crippen LogP contribution is 2.29. The zero-order chi connectivity index (χ0) is 14.0. The van der Waals surface area contributed by atoms with E-state index in [1.165, 1.54) is 4.90 Å². The summed E-state index contributed by atoms with van der Waals surface area (Å²) in [6, 6.07) is 10.5. The van der Waals surface area contributed by atoms with E-state index in [0.717, 1.165) is 5.39 Å². The number of nitrogens with zero attached hydrogens (tertiary/aromatic N) is 1. The Morgan fingerprint density at radius 1 is 1.26 bits per heavy atom. The Bertz CT molecular complexity index is 609. The number of aliphatic hydroxyl groups excluding tert-OH is 1. The number of likely N-dealkylation sites (N-methyl/N-ethyl adjacent to an activating group) is 1. The van der Waals surface area contributed by atoms with Crippen molar-refractivity contribution in [2.75, 3.05) is 13.7 Å². The van der Waals surface area contributed by atoms with Gasteiger partial charge in [-0.2, -0.15) is 0 Å². The minimum absolute atomic E-state index is 0.0138. The number of carbonyl (C=O) groups is 1. The highest BCUT2D eigenvalue weighted by molar-refractivity contribution is 6.03. The lowest BCUT2D eigenvalue weighted by molar-refractivity contribution is 0.0679. The van der Waals surface area contributed by atoms with Gasteiger partial charge in [0.1, 0.15) is 5.75 Å². The van der Waals surface area contributed by atoms with Gasteiger partial charge in [-0.05, 0) is 18.4 Å². The predicted molar refractivity (Wildman–Crippen MR) is 74.3 cm³/mol. The van der Waals surface area contributed by atoms with Gasteiger partial charge in [-0.25, -0.2) is 0 Å². The predicted octanol–water partition coefficient (Wildman–Crippen LogP) is 2.00. The van der Waals surface area contributed by atoms with Crippen LogP contribution < -0.4 is 0 Å². The molecular formula is C15H17NO3. The molecule has 0 bridgehead atoms. The summed E-state index contributed by atoms with van der Waals surface area (Å²) in [6.45, 7) is 1.63. The second kappa shape index (κ2) is 5.28. The van der Waals surface area contributed by atoms with Gasteiger partial charge in [-0.1, -0.05) is 30.3 Å². The van der Waals surface area contributed by atoms with E-state index in [1.807, 2.05) is 18.2 Å². The van der Waals surface area contributed by atoms with Gasteiger partial charge < -0.3 is 15.1 Å². The van der Waals surface area contributed by atoms with Crippen LogP contribution in [0.25, 0.3) is 10.8 Å². The molecule has 0 heterocycles. The zero-order valence-corrected chi connectivity index (χ0v) is 11.0. The molecule has 0 aliphatic carbocycles. The molecule has 1 unspecified atom stereocenters. The van der Waals surface area contributed by atoms with E-state index in [2.05, 4.69) is 0 Å². The van der Waals surface area contributed by atoms with Gasteiger partial charge in [0.15, 0.2) is 0 Å². The molecule has 1 amide bonds. The first-order chi connectivity index (χ1) is 9.06. The largest absolute Gasteiger partial charge is 0.506 e. The van der Waals surface area contributed by atoms with Crippen LogP contribution in [0.5, 0.6) is 5.75 Å². The summed E-state index contributed by atoms with van der Waals surface area (Å²) in [5.74, 6) is -0.315. The lowest BCUT2D eigenvalue weighted by Crippen LogP contribution is -2.37. The maximum Gasteiger partial charge on any atom is 0.257 e. The molecule has 0 spiro atoms. The van der Waals surface area contributed by atoms with Crippen LogP contribution in [-0.2, 0) is 0 Å². The van der Waals surface area contributed by atoms with Crippen molar-refractivity contribution in [1.29, 1.82) is 0 Å². The molecule has 19 heavy (non-hydrogen) atoms. The topological polar surface area (TPSA) is 60.8 Å². The van der Waals surface area contributed by atoms with Crippen LogP contribution in [0.3, 0.4) is 0 Å². The van der Waals surface area contributed by atoms with Crippen LogP contribution in [0, 0.1) is 0 Å². The molecule has 0 saturated carbocycles. The summed E-state index contributed by atoms with van der Waals surface area (Å²) in [4.78, 5) is 13.7. The highest BCUT2D eigenvalue weighted by Gasteiger charge is 2.20. The van der Waals surface area contributed by atoms with Gasteiger partial charge in [0.05, 0.1) is 18.2 Å². The number of carbonyl (C=O) groups excluding carboxylic acids is 1. The average molecular weight is 259 g/mol. The van der Waals surface area contributed by atoms with Gasteiger partial charge >= 0.3 is 0 Å². The van der Waals surface area contributed by atoms with E-state index in [4.69, 9.17) is 5.11 Å². The summed E-state index contributed by atoms with van der Waals surface area (Å²) in [7, 11) is 1.61. The Balaban J connectivity index is 2.46. The summed E-state index contributed by atoms with van der Waals surface area (Å²) >= 11 is 0. The van der Waals surface area contributed by atoms with Gasteiger partial charge in [0.25, 0.3) is 5.91 Å². The van der Waals surface area contributed by atoms with E-state index in [9.17, 15) is 9.90 Å². The minimum Gasteiger partial charge on any atom is -0.506 e. The van der Waals surface area contributed by atoms with Crippen molar-refractivity contribution in [3.8, 4) is 5.75 Å². The normalized spacial score (nSPS) is 12.4. The van der Waals surface area contributed by atoms with E-state index in [-0.39, 0.29) is 29.9 Å². The third kappa shape index (κ3) is 2.39. The molecule has 0 aromatic heterocycles. The molecule has 0 aliphatic heterocycles. The molecule has 100 valence electrons. The van der Waals surface area contributed by atoms with Gasteiger partial charge in [0.2, 0.25) is 0 Å². The minimum atomic E-state index is -0.301. The smallest absolute Gasteiger partial charge is 0.257 e. The summed E-state index contributed by atoms with van der Waals surface area (Å²) in [5, 5.41) is 20.8. The second-order valence-electron chi connectivity index (χ2n) is 4.63. The molecule has 0 fully saturated rings. The molecule has 0 radical (unpaired) electrons. The number of hydrogen-bond donors (Lipinski definition) is 2. The lowest BCUT2D eigenvalue weighted by atomic mass is 10.0. The number of phenols is 1. The molecule has 4 heteroatoms. The van der Waals surface area contributed by atoms with Crippen molar-refractivity contribution in [3.05, 3.63) is 42.0 Å². The number of phenolic OH excluding ortho intramolecular Hbond substituents is 1. The Morgan fingerprint density at radius 2 is 1.95 bits per heavy atom. The third-order valence-electron chi connectivity index (χ3n) is 3.38. The first kappa shape index (κ1) is 13.4. The maximum atomic E-state index is 12.3. The number of rotatable bonds is 3. The van der Waals surface area contributed by atoms with Crippen LogP contribution in [0.4, 0.5) is 0 Å². The van der Waals surface area contributed by atoms with E-state index < -0.39 is 0 Å². The Morgan fingerprint density at radius 3 is 2.63 bits per heavy atom. The van der Waals surface area contributed by atoms with Crippen LogP contribution in [-0.4, -0.2) is 40.7 Å². The van der Waals surface area contributed by atoms with Crippen molar-refractivity contribution in [2.45, 2.75) is 13.0 Å². The molecule has 1 atom stereocenters. The monoisotopic (exact) mass is 259 g/mol. The second-order valence-corrected chi connectivity index (χ2v) is 4.63. The van der Waals surface area contributed by atoms with Crippen molar-refractivity contribution in [3.63, 3.8) is 0 Å².